The van der Waals surface area contributed by atoms with E-state index in [1.54, 1.807) is 60.3 Å². The minimum atomic E-state index is -0.439. The Morgan fingerprint density at radius 2 is 1.55 bits per heavy atom. The Hall–Kier alpha value is -3.02. The van der Waals surface area contributed by atoms with Gasteiger partial charge in [-0.1, -0.05) is 48.0 Å². The van der Waals surface area contributed by atoms with Crippen LogP contribution in [0.3, 0.4) is 0 Å². The normalized spacial score (nSPS) is 11.0. The molecule has 3 aromatic rings. The molecule has 0 radical (unpaired) electrons. The molecule has 0 aliphatic rings. The Kier molecular flexibility index (Phi) is 7.11. The van der Waals surface area contributed by atoms with Gasteiger partial charge in [0.05, 0.1) is 0 Å². The maximum atomic E-state index is 12.9. The van der Waals surface area contributed by atoms with Gasteiger partial charge >= 0.3 is 0 Å². The van der Waals surface area contributed by atoms with Crippen molar-refractivity contribution in [2.45, 2.75) is 4.90 Å². The van der Waals surface area contributed by atoms with Crippen LogP contribution in [0.4, 0.5) is 5.69 Å². The predicted molar refractivity (Wildman–Crippen MR) is 120 cm³/mol. The van der Waals surface area contributed by atoms with Gasteiger partial charge < -0.3 is 10.6 Å². The molecule has 6 heteroatoms. The predicted octanol–water partition coefficient (Wildman–Crippen LogP) is 5.47. The third-order valence-corrected chi connectivity index (χ3v) is 5.17. The van der Waals surface area contributed by atoms with Crippen molar-refractivity contribution in [2.24, 2.45) is 0 Å². The molecule has 4 nitrogen and oxygen atoms in total. The van der Waals surface area contributed by atoms with Gasteiger partial charge in [-0.25, -0.2) is 0 Å². The van der Waals surface area contributed by atoms with Crippen LogP contribution in [0.25, 0.3) is 6.08 Å². The minimum Gasteiger partial charge on any atom is -0.321 e. The first-order valence-electron chi connectivity index (χ1n) is 8.85. The summed E-state index contributed by atoms with van der Waals surface area (Å²) in [6, 6.07) is 23.3. The number of nitrogens with one attached hydrogen (secondary N) is 2. The molecule has 29 heavy (non-hydrogen) atoms. The van der Waals surface area contributed by atoms with E-state index < -0.39 is 5.91 Å². The van der Waals surface area contributed by atoms with E-state index in [0.717, 1.165) is 4.90 Å². The van der Waals surface area contributed by atoms with Gasteiger partial charge in [-0.3, -0.25) is 9.59 Å². The summed E-state index contributed by atoms with van der Waals surface area (Å²) in [7, 11) is 0. The molecule has 0 spiro atoms. The summed E-state index contributed by atoms with van der Waals surface area (Å²) in [6.07, 6.45) is 3.55. The second kappa shape index (κ2) is 9.96. The molecule has 3 aromatic carbocycles. The van der Waals surface area contributed by atoms with Crippen LogP contribution in [0.2, 0.25) is 5.02 Å². The Labute approximate surface area is 179 Å². The number of rotatable bonds is 6. The van der Waals surface area contributed by atoms with Crippen molar-refractivity contribution in [3.05, 3.63) is 101 Å². The van der Waals surface area contributed by atoms with Crippen LogP contribution < -0.4 is 10.6 Å². The Morgan fingerprint density at radius 1 is 0.897 bits per heavy atom. The van der Waals surface area contributed by atoms with Crippen LogP contribution in [0, 0.1) is 0 Å². The van der Waals surface area contributed by atoms with Crippen molar-refractivity contribution in [1.82, 2.24) is 5.32 Å². The first-order valence-corrected chi connectivity index (χ1v) is 10.4. The SMILES string of the molecule is CSc1ccc(NC(=O)/C(=C/c2ccccc2Cl)NC(=O)c2ccccc2)cc1. The number of amides is 2. The summed E-state index contributed by atoms with van der Waals surface area (Å²) in [4.78, 5) is 26.6. The van der Waals surface area contributed by atoms with Crippen molar-refractivity contribution in [3.8, 4) is 0 Å². The second-order valence-corrected chi connectivity index (χ2v) is 7.37. The van der Waals surface area contributed by atoms with Crippen molar-refractivity contribution in [1.29, 1.82) is 0 Å². The molecule has 2 N–H and O–H groups in total. The molecule has 0 aliphatic heterocycles. The van der Waals surface area contributed by atoms with Crippen LogP contribution in [-0.2, 0) is 4.79 Å². The van der Waals surface area contributed by atoms with E-state index in [4.69, 9.17) is 11.6 Å². The Balaban J connectivity index is 1.88. The standard InChI is InChI=1S/C23H19ClN2O2S/c1-29-19-13-11-18(12-14-19)25-23(28)21(15-17-9-5-6-10-20(17)24)26-22(27)16-7-3-2-4-8-16/h2-15H,1H3,(H,25,28)(H,26,27)/b21-15-. The Bertz CT molecular complexity index is 1030. The van der Waals surface area contributed by atoms with Crippen LogP contribution in [-0.4, -0.2) is 18.1 Å². The molecule has 0 aliphatic carbocycles. The average Bonchev–Trinajstić information content (AvgIpc) is 2.75. The lowest BCUT2D eigenvalue weighted by molar-refractivity contribution is -0.113. The van der Waals surface area contributed by atoms with E-state index in [9.17, 15) is 9.59 Å². The monoisotopic (exact) mass is 422 g/mol. The number of benzene rings is 3. The zero-order valence-electron chi connectivity index (χ0n) is 15.7. The second-order valence-electron chi connectivity index (χ2n) is 6.08. The molecular weight excluding hydrogens is 404 g/mol. The molecule has 0 unspecified atom stereocenters. The van der Waals surface area contributed by atoms with Crippen molar-refractivity contribution in [2.75, 3.05) is 11.6 Å². The lowest BCUT2D eigenvalue weighted by atomic mass is 10.1. The van der Waals surface area contributed by atoms with Crippen molar-refractivity contribution in [3.63, 3.8) is 0 Å². The smallest absolute Gasteiger partial charge is 0.272 e. The van der Waals surface area contributed by atoms with Crippen molar-refractivity contribution < 1.29 is 9.59 Å². The Morgan fingerprint density at radius 3 is 2.21 bits per heavy atom. The van der Waals surface area contributed by atoms with Crippen LogP contribution >= 0.6 is 23.4 Å². The lowest BCUT2D eigenvalue weighted by Crippen LogP contribution is -2.30. The average molecular weight is 423 g/mol. The molecule has 0 bridgehead atoms. The molecule has 0 fully saturated rings. The molecule has 0 aromatic heterocycles. The summed E-state index contributed by atoms with van der Waals surface area (Å²) in [6.45, 7) is 0. The van der Waals surface area contributed by atoms with Crippen molar-refractivity contribution >= 4 is 46.9 Å². The quantitative estimate of drug-likeness (QED) is 0.409. The van der Waals surface area contributed by atoms with Gasteiger partial charge in [0.1, 0.15) is 5.70 Å². The maximum absolute atomic E-state index is 12.9. The molecular formula is C23H19ClN2O2S. The van der Waals surface area contributed by atoms with E-state index in [2.05, 4.69) is 10.6 Å². The summed E-state index contributed by atoms with van der Waals surface area (Å²) in [5.74, 6) is -0.817. The number of anilines is 1. The van der Waals surface area contributed by atoms with Gasteiger partial charge in [-0.15, -0.1) is 11.8 Å². The molecule has 0 saturated heterocycles. The van der Waals surface area contributed by atoms with E-state index in [1.807, 2.05) is 42.7 Å². The van der Waals surface area contributed by atoms with Gasteiger partial charge in [0.25, 0.3) is 11.8 Å². The number of carbonyl (C=O) groups excluding carboxylic acids is 2. The number of carbonyl (C=O) groups is 2. The molecule has 146 valence electrons. The van der Waals surface area contributed by atoms with Gasteiger partial charge in [0, 0.05) is 21.2 Å². The number of thioether (sulfide) groups is 1. The fraction of sp³-hybridized carbons (Fsp3) is 0.0435. The first kappa shape index (κ1) is 20.7. The summed E-state index contributed by atoms with van der Waals surface area (Å²) in [5.41, 5.74) is 1.81. The zero-order chi connectivity index (χ0) is 20.6. The lowest BCUT2D eigenvalue weighted by Gasteiger charge is -2.12. The summed E-state index contributed by atoms with van der Waals surface area (Å²) < 4.78 is 0. The molecule has 0 atom stereocenters. The highest BCUT2D eigenvalue weighted by Crippen LogP contribution is 2.20. The van der Waals surface area contributed by atoms with E-state index in [1.165, 1.54) is 0 Å². The first-order chi connectivity index (χ1) is 14.1. The number of halogens is 1. The van der Waals surface area contributed by atoms with Crippen LogP contribution in [0.5, 0.6) is 0 Å². The maximum Gasteiger partial charge on any atom is 0.272 e. The molecule has 0 heterocycles. The van der Waals surface area contributed by atoms with E-state index in [-0.39, 0.29) is 11.6 Å². The largest absolute Gasteiger partial charge is 0.321 e. The fourth-order valence-corrected chi connectivity index (χ4v) is 3.16. The summed E-state index contributed by atoms with van der Waals surface area (Å²) >= 11 is 7.85. The molecule has 3 rings (SSSR count). The minimum absolute atomic E-state index is 0.0981. The fourth-order valence-electron chi connectivity index (χ4n) is 2.56. The highest BCUT2D eigenvalue weighted by Gasteiger charge is 2.15. The van der Waals surface area contributed by atoms with Crippen LogP contribution in [0.15, 0.2) is 89.5 Å². The van der Waals surface area contributed by atoms with Gasteiger partial charge in [0.2, 0.25) is 0 Å². The summed E-state index contributed by atoms with van der Waals surface area (Å²) in [5, 5.41) is 6.00. The number of hydrogen-bond donors (Lipinski definition) is 2. The van der Waals surface area contributed by atoms with Gasteiger partial charge in [-0.05, 0) is 60.4 Å². The zero-order valence-corrected chi connectivity index (χ0v) is 17.3. The molecule has 2 amide bonds. The highest BCUT2D eigenvalue weighted by atomic mass is 35.5. The van der Waals surface area contributed by atoms with E-state index in [0.29, 0.717) is 21.8 Å². The molecule has 0 saturated carbocycles. The number of hydrogen-bond acceptors (Lipinski definition) is 3. The van der Waals surface area contributed by atoms with E-state index >= 15 is 0 Å². The third-order valence-electron chi connectivity index (χ3n) is 4.08. The van der Waals surface area contributed by atoms with Gasteiger partial charge in [0.15, 0.2) is 0 Å². The topological polar surface area (TPSA) is 58.2 Å². The third kappa shape index (κ3) is 5.73. The van der Waals surface area contributed by atoms with Crippen LogP contribution in [0.1, 0.15) is 15.9 Å². The highest BCUT2D eigenvalue weighted by molar-refractivity contribution is 7.98. The van der Waals surface area contributed by atoms with Gasteiger partial charge in [-0.2, -0.15) is 0 Å².